The molecule has 1 fully saturated rings. The van der Waals surface area contributed by atoms with E-state index in [0.717, 1.165) is 23.5 Å². The van der Waals surface area contributed by atoms with Crippen LogP contribution >= 0.6 is 23.1 Å². The summed E-state index contributed by atoms with van der Waals surface area (Å²) < 4.78 is 7.09. The number of hydrogen-bond acceptors (Lipinski definition) is 8. The first-order valence-electron chi connectivity index (χ1n) is 8.80. The summed E-state index contributed by atoms with van der Waals surface area (Å²) >= 11 is 2.87. The van der Waals surface area contributed by atoms with Crippen LogP contribution in [0.25, 0.3) is 10.7 Å². The number of nitro benzene ring substituents is 1. The molecule has 4 rings (SSSR count). The highest BCUT2D eigenvalue weighted by atomic mass is 32.2. The molecule has 1 aromatic carbocycles. The van der Waals surface area contributed by atoms with E-state index in [-0.39, 0.29) is 23.0 Å². The van der Waals surface area contributed by atoms with E-state index in [1.54, 1.807) is 17.4 Å². The highest BCUT2D eigenvalue weighted by Crippen LogP contribution is 2.41. The second-order valence-electron chi connectivity index (χ2n) is 6.36. The number of rotatable bonds is 8. The number of anilines is 1. The van der Waals surface area contributed by atoms with Crippen LogP contribution in [0.4, 0.5) is 11.4 Å². The highest BCUT2D eigenvalue weighted by Gasteiger charge is 2.30. The van der Waals surface area contributed by atoms with Gasteiger partial charge in [0.25, 0.3) is 5.69 Å². The molecule has 2 aromatic heterocycles. The zero-order valence-corrected chi connectivity index (χ0v) is 17.0. The standard InChI is InChI=1S/C18H17N5O4S2/c1-27-12-6-7-13(14(9-12)23(25)26)19-16(24)10-29-18-21-20-17(15-3-2-8-28-15)22(18)11-4-5-11/h2-3,6-9,11H,4-5,10H2,1H3,(H,19,24). The van der Waals surface area contributed by atoms with Crippen LogP contribution in [0.1, 0.15) is 18.9 Å². The second-order valence-corrected chi connectivity index (χ2v) is 8.25. The van der Waals surface area contributed by atoms with Crippen molar-refractivity contribution in [3.8, 4) is 16.5 Å². The SMILES string of the molecule is COc1ccc(NC(=O)CSc2nnc(-c3cccs3)n2C2CC2)c([N+](=O)[O-])c1. The maximum Gasteiger partial charge on any atom is 0.296 e. The molecule has 0 aliphatic heterocycles. The van der Waals surface area contributed by atoms with Crippen molar-refractivity contribution in [1.29, 1.82) is 0 Å². The Hall–Kier alpha value is -2.92. The number of nitrogens with one attached hydrogen (secondary N) is 1. The molecule has 0 bridgehead atoms. The van der Waals surface area contributed by atoms with Gasteiger partial charge in [0.2, 0.25) is 5.91 Å². The molecular weight excluding hydrogens is 414 g/mol. The van der Waals surface area contributed by atoms with Crippen LogP contribution in [0.2, 0.25) is 0 Å². The molecule has 0 saturated heterocycles. The molecule has 150 valence electrons. The van der Waals surface area contributed by atoms with Crippen LogP contribution < -0.4 is 10.1 Å². The van der Waals surface area contributed by atoms with Gasteiger partial charge in [0, 0.05) is 6.04 Å². The Labute approximate surface area is 174 Å². The summed E-state index contributed by atoms with van der Waals surface area (Å²) in [6, 6.07) is 8.62. The molecule has 2 heterocycles. The molecule has 9 nitrogen and oxygen atoms in total. The second kappa shape index (κ2) is 8.21. The lowest BCUT2D eigenvalue weighted by molar-refractivity contribution is -0.384. The summed E-state index contributed by atoms with van der Waals surface area (Å²) in [5.74, 6) is 0.878. The Balaban J connectivity index is 1.47. The van der Waals surface area contributed by atoms with Crippen LogP contribution in [-0.2, 0) is 4.79 Å². The summed E-state index contributed by atoms with van der Waals surface area (Å²) in [6.45, 7) is 0. The van der Waals surface area contributed by atoms with Crippen LogP contribution in [0.3, 0.4) is 0 Å². The maximum atomic E-state index is 12.4. The van der Waals surface area contributed by atoms with E-state index >= 15 is 0 Å². The Morgan fingerprint density at radius 2 is 2.24 bits per heavy atom. The van der Waals surface area contributed by atoms with Gasteiger partial charge >= 0.3 is 0 Å². The number of nitro groups is 1. The summed E-state index contributed by atoms with van der Waals surface area (Å²) in [5, 5.41) is 25.1. The molecule has 0 unspecified atom stereocenters. The number of ether oxygens (including phenoxy) is 1. The molecule has 1 N–H and O–H groups in total. The van der Waals surface area contributed by atoms with Crippen LogP contribution in [0.5, 0.6) is 5.75 Å². The summed E-state index contributed by atoms with van der Waals surface area (Å²) in [4.78, 5) is 24.2. The molecule has 1 amide bonds. The fourth-order valence-electron chi connectivity index (χ4n) is 2.82. The lowest BCUT2D eigenvalue weighted by atomic mass is 10.2. The van der Waals surface area contributed by atoms with E-state index in [2.05, 4.69) is 20.1 Å². The average molecular weight is 431 g/mol. The molecule has 1 saturated carbocycles. The van der Waals surface area contributed by atoms with Crippen molar-refractivity contribution in [1.82, 2.24) is 14.8 Å². The molecule has 1 aliphatic rings. The quantitative estimate of drug-likeness (QED) is 0.326. The molecule has 0 radical (unpaired) electrons. The number of aromatic nitrogens is 3. The van der Waals surface area contributed by atoms with E-state index in [4.69, 9.17) is 4.74 Å². The summed E-state index contributed by atoms with van der Waals surface area (Å²) in [6.07, 6.45) is 2.13. The minimum Gasteiger partial charge on any atom is -0.496 e. The smallest absolute Gasteiger partial charge is 0.296 e. The first-order valence-corrected chi connectivity index (χ1v) is 10.7. The monoisotopic (exact) mass is 431 g/mol. The lowest BCUT2D eigenvalue weighted by Gasteiger charge is -2.09. The Morgan fingerprint density at radius 3 is 2.90 bits per heavy atom. The topological polar surface area (TPSA) is 112 Å². The van der Waals surface area contributed by atoms with Crippen LogP contribution in [-0.4, -0.2) is 38.5 Å². The minimum absolute atomic E-state index is 0.0679. The van der Waals surface area contributed by atoms with Crippen molar-refractivity contribution < 1.29 is 14.5 Å². The minimum atomic E-state index is -0.553. The van der Waals surface area contributed by atoms with Crippen LogP contribution in [0, 0.1) is 10.1 Å². The number of benzene rings is 1. The molecule has 11 heteroatoms. The maximum absolute atomic E-state index is 12.4. The van der Waals surface area contributed by atoms with E-state index < -0.39 is 4.92 Å². The molecule has 0 atom stereocenters. The van der Waals surface area contributed by atoms with Crippen molar-refractivity contribution in [2.24, 2.45) is 0 Å². The number of amides is 1. The van der Waals surface area contributed by atoms with Crippen molar-refractivity contribution in [3.05, 3.63) is 45.8 Å². The van der Waals surface area contributed by atoms with Crippen molar-refractivity contribution in [2.75, 3.05) is 18.2 Å². The van der Waals surface area contributed by atoms with Gasteiger partial charge in [-0.3, -0.25) is 19.5 Å². The van der Waals surface area contributed by atoms with Gasteiger partial charge in [-0.15, -0.1) is 21.5 Å². The number of hydrogen-bond donors (Lipinski definition) is 1. The summed E-state index contributed by atoms with van der Waals surface area (Å²) in [5.41, 5.74) is -0.0897. The first-order chi connectivity index (χ1) is 14.1. The van der Waals surface area contributed by atoms with Gasteiger partial charge in [-0.25, -0.2) is 0 Å². The Morgan fingerprint density at radius 1 is 1.41 bits per heavy atom. The fourth-order valence-corrected chi connectivity index (χ4v) is 4.33. The van der Waals surface area contributed by atoms with E-state index in [1.165, 1.54) is 31.0 Å². The number of thiophene rings is 1. The number of methoxy groups -OCH3 is 1. The number of carbonyl (C=O) groups is 1. The summed E-state index contributed by atoms with van der Waals surface area (Å²) in [7, 11) is 1.43. The van der Waals surface area contributed by atoms with Gasteiger partial charge in [-0.05, 0) is 36.4 Å². The predicted molar refractivity (Wildman–Crippen MR) is 111 cm³/mol. The first kappa shape index (κ1) is 19.4. The van der Waals surface area contributed by atoms with Crippen molar-refractivity contribution in [3.63, 3.8) is 0 Å². The van der Waals surface area contributed by atoms with Gasteiger partial charge in [-0.2, -0.15) is 0 Å². The van der Waals surface area contributed by atoms with Gasteiger partial charge in [-0.1, -0.05) is 17.8 Å². The predicted octanol–water partition coefficient (Wildman–Crippen LogP) is 3.99. The molecule has 3 aromatic rings. The lowest BCUT2D eigenvalue weighted by Crippen LogP contribution is -2.15. The molecule has 0 spiro atoms. The zero-order valence-electron chi connectivity index (χ0n) is 15.4. The largest absolute Gasteiger partial charge is 0.496 e. The van der Waals surface area contributed by atoms with E-state index in [1.807, 2.05) is 17.5 Å². The number of carbonyl (C=O) groups excluding carboxylic acids is 1. The average Bonchev–Trinajstić information content (AvgIpc) is 3.24. The van der Waals surface area contributed by atoms with Crippen LogP contribution in [0.15, 0.2) is 40.9 Å². The Kier molecular flexibility index (Phi) is 5.49. The normalized spacial score (nSPS) is 13.3. The Bertz CT molecular complexity index is 1050. The van der Waals surface area contributed by atoms with Gasteiger partial charge < -0.3 is 10.1 Å². The highest BCUT2D eigenvalue weighted by molar-refractivity contribution is 7.99. The van der Waals surface area contributed by atoms with Gasteiger partial charge in [0.05, 0.1) is 28.7 Å². The third-order valence-corrected chi connectivity index (χ3v) is 6.14. The molecule has 1 aliphatic carbocycles. The third kappa shape index (κ3) is 4.25. The zero-order chi connectivity index (χ0) is 20.4. The number of thioether (sulfide) groups is 1. The van der Waals surface area contributed by atoms with Gasteiger partial charge in [0.15, 0.2) is 11.0 Å². The molecule has 29 heavy (non-hydrogen) atoms. The van der Waals surface area contributed by atoms with Gasteiger partial charge in [0.1, 0.15) is 11.4 Å². The molecular formula is C18H17N5O4S2. The number of nitrogens with zero attached hydrogens (tertiary/aromatic N) is 4. The van der Waals surface area contributed by atoms with Crippen molar-refractivity contribution >= 4 is 40.4 Å². The fraction of sp³-hybridized carbons (Fsp3) is 0.278. The van der Waals surface area contributed by atoms with E-state index in [0.29, 0.717) is 16.9 Å². The van der Waals surface area contributed by atoms with Crippen molar-refractivity contribution in [2.45, 2.75) is 24.0 Å². The van der Waals surface area contributed by atoms with E-state index in [9.17, 15) is 14.9 Å². The third-order valence-electron chi connectivity index (χ3n) is 4.33.